The number of carbonyl (C=O) groups is 1. The van der Waals surface area contributed by atoms with Crippen LogP contribution in [0.1, 0.15) is 52.0 Å². The number of amides is 1. The molecule has 7 heteroatoms. The largest absolute Gasteiger partial charge is 0.443 e. The number of benzene rings is 1. The zero-order valence-corrected chi connectivity index (χ0v) is 17.0. The summed E-state index contributed by atoms with van der Waals surface area (Å²) in [6, 6.07) is 6.44. The SMILES string of the molecule is Cc1ccc(S(=O)(=O)N(CCCCCCCl)C(=O)OC(C)(C)C)cc1. The van der Waals surface area contributed by atoms with Crippen molar-refractivity contribution in [2.75, 3.05) is 12.4 Å². The minimum absolute atomic E-state index is 0.0877. The fourth-order valence-electron chi connectivity index (χ4n) is 2.16. The van der Waals surface area contributed by atoms with Crippen molar-refractivity contribution >= 4 is 27.7 Å². The van der Waals surface area contributed by atoms with Crippen LogP contribution in [-0.2, 0) is 14.8 Å². The average molecular weight is 390 g/mol. The van der Waals surface area contributed by atoms with Crippen molar-refractivity contribution in [2.45, 2.75) is 63.9 Å². The van der Waals surface area contributed by atoms with Crippen molar-refractivity contribution in [1.82, 2.24) is 4.31 Å². The summed E-state index contributed by atoms with van der Waals surface area (Å²) in [7, 11) is -3.95. The van der Waals surface area contributed by atoms with Crippen LogP contribution in [0, 0.1) is 6.92 Å². The number of rotatable bonds is 8. The Morgan fingerprint density at radius 3 is 2.16 bits per heavy atom. The number of alkyl halides is 1. The second kappa shape index (κ2) is 9.43. The summed E-state index contributed by atoms with van der Waals surface area (Å²) in [5, 5.41) is 0. The highest BCUT2D eigenvalue weighted by atomic mass is 35.5. The number of unbranched alkanes of at least 4 members (excludes halogenated alkanes) is 3. The molecule has 0 radical (unpaired) electrons. The third-order valence-electron chi connectivity index (χ3n) is 3.45. The number of hydrogen-bond acceptors (Lipinski definition) is 4. The molecule has 0 saturated carbocycles. The monoisotopic (exact) mass is 389 g/mol. The first-order valence-corrected chi connectivity index (χ1v) is 10.4. The second-order valence-electron chi connectivity index (χ2n) is 6.97. The van der Waals surface area contributed by atoms with Crippen molar-refractivity contribution < 1.29 is 17.9 Å². The topological polar surface area (TPSA) is 63.7 Å². The Hall–Kier alpha value is -1.27. The normalized spacial score (nSPS) is 12.0. The third-order valence-corrected chi connectivity index (χ3v) is 5.50. The van der Waals surface area contributed by atoms with Crippen molar-refractivity contribution in [3.63, 3.8) is 0 Å². The van der Waals surface area contributed by atoms with E-state index < -0.39 is 21.7 Å². The van der Waals surface area contributed by atoms with Gasteiger partial charge < -0.3 is 4.74 Å². The molecule has 0 unspecified atom stereocenters. The number of carbonyl (C=O) groups excluding carboxylic acids is 1. The van der Waals surface area contributed by atoms with Crippen LogP contribution in [0.4, 0.5) is 4.79 Å². The molecule has 0 aliphatic carbocycles. The highest BCUT2D eigenvalue weighted by Gasteiger charge is 2.32. The molecule has 0 spiro atoms. The first kappa shape index (κ1) is 21.8. The van der Waals surface area contributed by atoms with Crippen molar-refractivity contribution in [1.29, 1.82) is 0 Å². The van der Waals surface area contributed by atoms with Gasteiger partial charge in [-0.3, -0.25) is 0 Å². The van der Waals surface area contributed by atoms with Crippen molar-refractivity contribution in [3.8, 4) is 0 Å². The summed E-state index contributed by atoms with van der Waals surface area (Å²) in [6.07, 6.45) is 2.30. The zero-order valence-electron chi connectivity index (χ0n) is 15.4. The first-order chi connectivity index (χ1) is 11.6. The molecular weight excluding hydrogens is 362 g/mol. The van der Waals surface area contributed by atoms with Crippen LogP contribution in [0.5, 0.6) is 0 Å². The summed E-state index contributed by atoms with van der Waals surface area (Å²) in [5.74, 6) is 0.581. The van der Waals surface area contributed by atoms with E-state index in [0.717, 1.165) is 29.1 Å². The number of nitrogens with zero attached hydrogens (tertiary/aromatic N) is 1. The lowest BCUT2D eigenvalue weighted by Crippen LogP contribution is -2.41. The maximum atomic E-state index is 12.9. The summed E-state index contributed by atoms with van der Waals surface area (Å²) in [5.41, 5.74) is 0.181. The Morgan fingerprint density at radius 1 is 1.08 bits per heavy atom. The molecular formula is C18H28ClNO4S. The summed E-state index contributed by atoms with van der Waals surface area (Å²) >= 11 is 5.65. The molecule has 0 heterocycles. The van der Waals surface area contributed by atoms with Gasteiger partial charge in [0.1, 0.15) is 5.60 Å². The maximum Gasteiger partial charge on any atom is 0.424 e. The minimum Gasteiger partial charge on any atom is -0.443 e. The summed E-state index contributed by atoms with van der Waals surface area (Å²) in [4.78, 5) is 12.6. The van der Waals surface area contributed by atoms with Crippen LogP contribution in [0.3, 0.4) is 0 Å². The molecule has 1 rings (SSSR count). The van der Waals surface area contributed by atoms with E-state index in [1.807, 2.05) is 6.92 Å². The Morgan fingerprint density at radius 2 is 1.64 bits per heavy atom. The van der Waals surface area contributed by atoms with Gasteiger partial charge in [-0.05, 0) is 52.7 Å². The van der Waals surface area contributed by atoms with Crippen LogP contribution in [0.2, 0.25) is 0 Å². The number of sulfonamides is 1. The van der Waals surface area contributed by atoms with Crippen LogP contribution in [0.15, 0.2) is 29.2 Å². The van der Waals surface area contributed by atoms with Gasteiger partial charge in [0.25, 0.3) is 10.0 Å². The highest BCUT2D eigenvalue weighted by molar-refractivity contribution is 7.89. The molecule has 0 aliphatic rings. The van der Waals surface area contributed by atoms with E-state index in [-0.39, 0.29) is 11.4 Å². The van der Waals surface area contributed by atoms with Gasteiger partial charge in [0.15, 0.2) is 0 Å². The van der Waals surface area contributed by atoms with E-state index in [1.54, 1.807) is 32.9 Å². The fraction of sp³-hybridized carbons (Fsp3) is 0.611. The Labute approximate surface area is 156 Å². The predicted octanol–water partition coefficient (Wildman–Crippen LogP) is 4.72. The zero-order chi connectivity index (χ0) is 19.1. The van der Waals surface area contributed by atoms with Gasteiger partial charge in [-0.1, -0.05) is 30.5 Å². The molecule has 0 aliphatic heterocycles. The molecule has 0 atom stereocenters. The molecule has 0 aromatic heterocycles. The smallest absolute Gasteiger partial charge is 0.424 e. The van der Waals surface area contributed by atoms with Gasteiger partial charge >= 0.3 is 6.09 Å². The van der Waals surface area contributed by atoms with Gasteiger partial charge in [-0.15, -0.1) is 11.6 Å². The van der Waals surface area contributed by atoms with Crippen molar-refractivity contribution in [3.05, 3.63) is 29.8 Å². The lowest BCUT2D eigenvalue weighted by atomic mass is 10.2. The molecule has 1 amide bonds. The molecule has 142 valence electrons. The molecule has 0 N–H and O–H groups in total. The predicted molar refractivity (Wildman–Crippen MR) is 100 cm³/mol. The Bertz CT molecular complexity index is 651. The van der Waals surface area contributed by atoms with Crippen molar-refractivity contribution in [2.24, 2.45) is 0 Å². The highest BCUT2D eigenvalue weighted by Crippen LogP contribution is 2.21. The summed E-state index contributed by atoms with van der Waals surface area (Å²) in [6.45, 7) is 7.10. The van der Waals surface area contributed by atoms with Crippen LogP contribution < -0.4 is 0 Å². The van der Waals surface area contributed by atoms with Gasteiger partial charge in [0.2, 0.25) is 0 Å². The standard InChI is InChI=1S/C18H28ClNO4S/c1-15-9-11-16(12-10-15)25(22,23)20(14-8-6-5-7-13-19)17(21)24-18(2,3)4/h9-12H,5-8,13-14H2,1-4H3. The number of aryl methyl sites for hydroxylation is 1. The molecule has 0 saturated heterocycles. The van der Waals surface area contributed by atoms with Gasteiger partial charge in [0, 0.05) is 12.4 Å². The Kier molecular flexibility index (Phi) is 8.22. The Balaban J connectivity index is 2.99. The molecule has 5 nitrogen and oxygen atoms in total. The van der Waals surface area contributed by atoms with Crippen LogP contribution in [-0.4, -0.2) is 36.8 Å². The third kappa shape index (κ3) is 7.24. The molecule has 0 fully saturated rings. The number of ether oxygens (including phenoxy) is 1. The quantitative estimate of drug-likeness (QED) is 0.476. The molecule has 1 aromatic carbocycles. The van der Waals surface area contributed by atoms with E-state index in [2.05, 4.69) is 0 Å². The van der Waals surface area contributed by atoms with Crippen LogP contribution in [0.25, 0.3) is 0 Å². The lowest BCUT2D eigenvalue weighted by molar-refractivity contribution is 0.0389. The molecule has 1 aromatic rings. The minimum atomic E-state index is -3.95. The molecule has 0 bridgehead atoms. The number of hydrogen-bond donors (Lipinski definition) is 0. The van der Waals surface area contributed by atoms with Gasteiger partial charge in [-0.2, -0.15) is 0 Å². The average Bonchev–Trinajstić information content (AvgIpc) is 2.49. The van der Waals surface area contributed by atoms with E-state index in [4.69, 9.17) is 16.3 Å². The number of halogens is 1. The maximum absolute atomic E-state index is 12.9. The first-order valence-electron chi connectivity index (χ1n) is 8.46. The van der Waals surface area contributed by atoms with Gasteiger partial charge in [-0.25, -0.2) is 17.5 Å². The van der Waals surface area contributed by atoms with E-state index in [0.29, 0.717) is 12.3 Å². The van der Waals surface area contributed by atoms with E-state index in [1.165, 1.54) is 12.1 Å². The summed E-state index contributed by atoms with van der Waals surface area (Å²) < 4.78 is 31.9. The van der Waals surface area contributed by atoms with E-state index >= 15 is 0 Å². The fourth-order valence-corrected chi connectivity index (χ4v) is 3.69. The van der Waals surface area contributed by atoms with E-state index in [9.17, 15) is 13.2 Å². The van der Waals surface area contributed by atoms with Crippen LogP contribution >= 0.6 is 11.6 Å². The van der Waals surface area contributed by atoms with Gasteiger partial charge in [0.05, 0.1) is 4.90 Å². The second-order valence-corrected chi connectivity index (χ2v) is 9.21. The lowest BCUT2D eigenvalue weighted by Gasteiger charge is -2.27. The molecule has 25 heavy (non-hydrogen) atoms.